The third-order valence-electron chi connectivity index (χ3n) is 3.51. The molecule has 2 aromatic rings. The van der Waals surface area contributed by atoms with Crippen LogP contribution in [0.15, 0.2) is 24.3 Å². The highest BCUT2D eigenvalue weighted by molar-refractivity contribution is 5.56. The normalized spacial score (nSPS) is 10.2. The van der Waals surface area contributed by atoms with Crippen molar-refractivity contribution in [3.63, 3.8) is 0 Å². The van der Waals surface area contributed by atoms with Gasteiger partial charge in [-0.15, -0.1) is 0 Å². The van der Waals surface area contributed by atoms with Gasteiger partial charge in [-0.05, 0) is 49.6 Å². The lowest BCUT2D eigenvalue weighted by Crippen LogP contribution is -2.03. The number of phenols is 1. The Morgan fingerprint density at radius 3 is 2.33 bits per heavy atom. The highest BCUT2D eigenvalue weighted by atomic mass is 19.1. The van der Waals surface area contributed by atoms with E-state index in [1.54, 1.807) is 13.0 Å². The predicted octanol–water partition coefficient (Wildman–Crippen LogP) is 3.94. The molecule has 21 heavy (non-hydrogen) atoms. The molecule has 0 aliphatic heterocycles. The number of anilines is 1. The lowest BCUT2D eigenvalue weighted by molar-refractivity contribution is 0.466. The van der Waals surface area contributed by atoms with Crippen molar-refractivity contribution in [2.24, 2.45) is 0 Å². The summed E-state index contributed by atoms with van der Waals surface area (Å²) in [7, 11) is 0. The second-order valence-corrected chi connectivity index (χ2v) is 5.17. The van der Waals surface area contributed by atoms with E-state index in [1.807, 2.05) is 32.0 Å². The van der Waals surface area contributed by atoms with E-state index in [4.69, 9.17) is 5.26 Å². The van der Waals surface area contributed by atoms with Gasteiger partial charge in [0.25, 0.3) is 0 Å². The topological polar surface area (TPSA) is 56.0 Å². The van der Waals surface area contributed by atoms with Crippen molar-refractivity contribution in [3.8, 4) is 11.8 Å². The molecule has 0 spiro atoms. The smallest absolute Gasteiger partial charge is 0.129 e. The zero-order chi connectivity index (χ0) is 15.6. The molecule has 2 rings (SSSR count). The fourth-order valence-corrected chi connectivity index (χ4v) is 2.27. The quantitative estimate of drug-likeness (QED) is 0.897. The summed E-state index contributed by atoms with van der Waals surface area (Å²) >= 11 is 0. The minimum absolute atomic E-state index is 0.290. The molecule has 0 bridgehead atoms. The van der Waals surface area contributed by atoms with Crippen LogP contribution in [0.1, 0.15) is 27.8 Å². The van der Waals surface area contributed by atoms with E-state index in [2.05, 4.69) is 5.32 Å². The average Bonchev–Trinajstić information content (AvgIpc) is 2.45. The molecule has 0 amide bonds. The molecular formula is C17H17FN2O. The van der Waals surface area contributed by atoms with Crippen LogP contribution in [0.4, 0.5) is 10.1 Å². The van der Waals surface area contributed by atoms with Crippen molar-refractivity contribution in [2.75, 3.05) is 5.32 Å². The highest BCUT2D eigenvalue weighted by Crippen LogP contribution is 2.25. The van der Waals surface area contributed by atoms with Gasteiger partial charge in [-0.25, -0.2) is 4.39 Å². The summed E-state index contributed by atoms with van der Waals surface area (Å²) in [5.74, 6) is -0.0953. The molecule has 0 saturated carbocycles. The molecule has 3 nitrogen and oxygen atoms in total. The maximum atomic E-state index is 13.7. The lowest BCUT2D eigenvalue weighted by atomic mass is 10.1. The van der Waals surface area contributed by atoms with Gasteiger partial charge < -0.3 is 10.4 Å². The van der Waals surface area contributed by atoms with E-state index >= 15 is 0 Å². The van der Waals surface area contributed by atoms with Crippen LogP contribution in [-0.4, -0.2) is 5.11 Å². The minimum Gasteiger partial charge on any atom is -0.507 e. The summed E-state index contributed by atoms with van der Waals surface area (Å²) in [6.07, 6.45) is 0. The molecule has 0 heterocycles. The van der Waals surface area contributed by atoms with Crippen LogP contribution < -0.4 is 5.32 Å². The van der Waals surface area contributed by atoms with Gasteiger partial charge in [0, 0.05) is 17.8 Å². The van der Waals surface area contributed by atoms with Gasteiger partial charge in [-0.2, -0.15) is 5.26 Å². The fraction of sp³-hybridized carbons (Fsp3) is 0.235. The van der Waals surface area contributed by atoms with Gasteiger partial charge in [0.15, 0.2) is 0 Å². The molecule has 0 radical (unpaired) electrons. The number of phenolic OH excluding ortho intramolecular Hbond substituents is 1. The highest BCUT2D eigenvalue weighted by Gasteiger charge is 2.08. The Hall–Kier alpha value is -2.54. The second kappa shape index (κ2) is 5.84. The van der Waals surface area contributed by atoms with Crippen LogP contribution in [0.5, 0.6) is 5.75 Å². The molecule has 0 fully saturated rings. The van der Waals surface area contributed by atoms with E-state index < -0.39 is 5.82 Å². The Bertz CT molecular complexity index is 709. The van der Waals surface area contributed by atoms with Gasteiger partial charge in [0.1, 0.15) is 11.6 Å². The van der Waals surface area contributed by atoms with Crippen molar-refractivity contribution in [1.82, 2.24) is 0 Å². The van der Waals surface area contributed by atoms with Crippen molar-refractivity contribution >= 4 is 5.69 Å². The Labute approximate surface area is 123 Å². The lowest BCUT2D eigenvalue weighted by Gasteiger charge is -2.13. The van der Waals surface area contributed by atoms with Gasteiger partial charge in [-0.1, -0.05) is 12.1 Å². The number of halogens is 1. The van der Waals surface area contributed by atoms with Crippen LogP contribution in [0.25, 0.3) is 0 Å². The number of nitrogens with zero attached hydrogens (tertiary/aromatic N) is 1. The number of nitriles is 1. The molecule has 0 aliphatic carbocycles. The SMILES string of the molecule is Cc1cc(CNc2cc(C#N)cc(F)c2C)cc(C)c1O. The molecule has 0 atom stereocenters. The standard InChI is InChI=1S/C17H17FN2O/c1-10-4-14(5-11(2)17(10)21)9-20-16-7-13(8-19)6-15(18)12(16)3/h4-7,20-21H,9H2,1-3H3. The number of aryl methyl sites for hydroxylation is 2. The Morgan fingerprint density at radius 2 is 1.76 bits per heavy atom. The second-order valence-electron chi connectivity index (χ2n) is 5.17. The molecule has 0 aliphatic rings. The molecule has 2 N–H and O–H groups in total. The summed E-state index contributed by atoms with van der Waals surface area (Å²) in [5.41, 5.74) is 3.99. The van der Waals surface area contributed by atoms with Crippen LogP contribution in [0, 0.1) is 37.9 Å². The van der Waals surface area contributed by atoms with Crippen molar-refractivity contribution in [2.45, 2.75) is 27.3 Å². The van der Waals surface area contributed by atoms with E-state index in [0.717, 1.165) is 16.7 Å². The Balaban J connectivity index is 2.25. The first-order valence-electron chi connectivity index (χ1n) is 6.65. The molecule has 4 heteroatoms. The van der Waals surface area contributed by atoms with Crippen LogP contribution in [-0.2, 0) is 6.54 Å². The molecule has 0 saturated heterocycles. The van der Waals surface area contributed by atoms with Gasteiger partial charge in [-0.3, -0.25) is 0 Å². The first-order valence-corrected chi connectivity index (χ1v) is 6.65. The third kappa shape index (κ3) is 3.14. The van der Waals surface area contributed by atoms with E-state index in [-0.39, 0.29) is 0 Å². The molecule has 108 valence electrons. The predicted molar refractivity (Wildman–Crippen MR) is 80.8 cm³/mol. The summed E-state index contributed by atoms with van der Waals surface area (Å²) in [6.45, 7) is 5.85. The summed E-state index contributed by atoms with van der Waals surface area (Å²) in [5, 5.41) is 21.8. The molecule has 0 unspecified atom stereocenters. The van der Waals surface area contributed by atoms with Crippen molar-refractivity contribution < 1.29 is 9.50 Å². The summed E-state index contributed by atoms with van der Waals surface area (Å²) in [6, 6.07) is 8.58. The monoisotopic (exact) mass is 284 g/mol. The van der Waals surface area contributed by atoms with Crippen LogP contribution >= 0.6 is 0 Å². The number of benzene rings is 2. The van der Waals surface area contributed by atoms with Crippen LogP contribution in [0.3, 0.4) is 0 Å². The first-order chi connectivity index (χ1) is 9.92. The first kappa shape index (κ1) is 14.9. The Morgan fingerprint density at radius 1 is 1.14 bits per heavy atom. The number of hydrogen-bond donors (Lipinski definition) is 2. The average molecular weight is 284 g/mol. The van der Waals surface area contributed by atoms with Crippen molar-refractivity contribution in [1.29, 1.82) is 5.26 Å². The zero-order valence-corrected chi connectivity index (χ0v) is 12.3. The maximum Gasteiger partial charge on any atom is 0.129 e. The van der Waals surface area contributed by atoms with Gasteiger partial charge >= 0.3 is 0 Å². The summed E-state index contributed by atoms with van der Waals surface area (Å²) < 4.78 is 13.7. The molecular weight excluding hydrogens is 267 g/mol. The number of aromatic hydroxyl groups is 1. The number of hydrogen-bond acceptors (Lipinski definition) is 3. The Kier molecular flexibility index (Phi) is 4.13. The zero-order valence-electron chi connectivity index (χ0n) is 12.3. The fourth-order valence-electron chi connectivity index (χ4n) is 2.27. The third-order valence-corrected chi connectivity index (χ3v) is 3.51. The van der Waals surface area contributed by atoms with E-state index in [0.29, 0.717) is 29.1 Å². The molecule has 0 aromatic heterocycles. The van der Waals surface area contributed by atoms with E-state index in [1.165, 1.54) is 6.07 Å². The summed E-state index contributed by atoms with van der Waals surface area (Å²) in [4.78, 5) is 0. The van der Waals surface area contributed by atoms with E-state index in [9.17, 15) is 9.50 Å². The van der Waals surface area contributed by atoms with Gasteiger partial charge in [0.2, 0.25) is 0 Å². The minimum atomic E-state index is -0.394. The molecule has 2 aromatic carbocycles. The van der Waals surface area contributed by atoms with Gasteiger partial charge in [0.05, 0.1) is 11.6 Å². The number of nitrogens with one attached hydrogen (secondary N) is 1. The van der Waals surface area contributed by atoms with Crippen LogP contribution in [0.2, 0.25) is 0 Å². The maximum absolute atomic E-state index is 13.7. The largest absolute Gasteiger partial charge is 0.507 e. The number of rotatable bonds is 3. The van der Waals surface area contributed by atoms with Crippen molar-refractivity contribution in [3.05, 3.63) is 57.9 Å².